The van der Waals surface area contributed by atoms with Gasteiger partial charge < -0.3 is 55.5 Å². The number of esters is 1. The van der Waals surface area contributed by atoms with Crippen molar-refractivity contribution in [2.75, 3.05) is 18.4 Å². The van der Waals surface area contributed by atoms with E-state index < -0.39 is 53.4 Å². The molecule has 63 heavy (non-hydrogen) atoms. The molecule has 4 aliphatic rings. The van der Waals surface area contributed by atoms with Gasteiger partial charge in [0, 0.05) is 59.6 Å². The number of amides is 3. The van der Waals surface area contributed by atoms with Gasteiger partial charge in [0.15, 0.2) is 16.5 Å². The van der Waals surface area contributed by atoms with Gasteiger partial charge in [-0.05, 0) is 87.1 Å². The third-order valence-corrected chi connectivity index (χ3v) is 11.7. The summed E-state index contributed by atoms with van der Waals surface area (Å²) in [6.45, 7) is 0.311. The van der Waals surface area contributed by atoms with Crippen molar-refractivity contribution in [2.24, 2.45) is 0 Å². The van der Waals surface area contributed by atoms with Crippen molar-refractivity contribution in [3.05, 3.63) is 107 Å². The Hall–Kier alpha value is -7.55. The van der Waals surface area contributed by atoms with Crippen LogP contribution in [0.3, 0.4) is 0 Å². The van der Waals surface area contributed by atoms with E-state index in [-0.39, 0.29) is 70.4 Å². The maximum Gasteiger partial charge on any atom is 0.340 e. The summed E-state index contributed by atoms with van der Waals surface area (Å²) in [5, 5.41) is 52.1. The quantitative estimate of drug-likeness (QED) is 0.0478. The fourth-order valence-corrected chi connectivity index (χ4v) is 8.57. The molecule has 8 N–H and O–H groups in total. The first-order valence-corrected chi connectivity index (χ1v) is 20.5. The molecule has 0 bridgehead atoms. The number of rotatable bonds is 13. The summed E-state index contributed by atoms with van der Waals surface area (Å²) in [5.74, 6) is -2.78. The summed E-state index contributed by atoms with van der Waals surface area (Å²) in [7, 11) is 0. The van der Waals surface area contributed by atoms with E-state index in [9.17, 15) is 39.3 Å². The second-order valence-corrected chi connectivity index (χ2v) is 16.1. The monoisotopic (exact) mass is 877 g/mol. The third-order valence-electron chi connectivity index (χ3n) is 11.5. The summed E-state index contributed by atoms with van der Waals surface area (Å²) in [5.41, 5.74) is 1.08. The molecule has 0 radical (unpaired) electrons. The van der Waals surface area contributed by atoms with Gasteiger partial charge in [-0.1, -0.05) is 11.2 Å². The molecule has 5 aromatic rings. The number of phenolic OH excluding ortho intramolecular Hbond substituents is 2. The number of H-pyrrole nitrogens is 1. The molecule has 3 aromatic carbocycles. The first-order chi connectivity index (χ1) is 30.4. The number of thiocarbonyl (C=S) groups is 1. The van der Waals surface area contributed by atoms with Crippen LogP contribution in [0.25, 0.3) is 0 Å². The number of carboxylic acid groups (broad SMARTS) is 1. The number of ether oxygens (including phenoxy) is 2. The number of aliphatic carboxylic acids is 1. The molecule has 1 spiro atoms. The SMILES string of the molecule is O=C(N[C@@H]1C[C@@H](C(=O)N[C@@H](CCCCNC(=S)Nc2ccc3c(c2)C(=O)OC32c3ccc(O)cc3Oc3cc(O)ccc32)C(=O)O)N(C(=O)c2cnoc2C2CC2)C1)c1ncn[nH]1. The minimum absolute atomic E-state index is 0.0160. The van der Waals surface area contributed by atoms with Crippen LogP contribution in [0, 0.1) is 0 Å². The van der Waals surface area contributed by atoms with E-state index in [1.807, 2.05) is 0 Å². The molecule has 3 amide bonds. The Bertz CT molecular complexity index is 2610. The predicted molar refractivity (Wildman–Crippen MR) is 221 cm³/mol. The number of hydrogen-bond acceptors (Lipinski definition) is 14. The number of nitrogens with zero attached hydrogens (tertiary/aromatic N) is 4. The number of likely N-dealkylation sites (tertiary alicyclic amines) is 1. The van der Waals surface area contributed by atoms with Crippen molar-refractivity contribution in [1.82, 2.24) is 41.2 Å². The summed E-state index contributed by atoms with van der Waals surface area (Å²) < 4.78 is 17.5. The van der Waals surface area contributed by atoms with Crippen LogP contribution < -0.4 is 26.0 Å². The van der Waals surface area contributed by atoms with Gasteiger partial charge in [-0.2, -0.15) is 5.10 Å². The van der Waals surface area contributed by atoms with Gasteiger partial charge in [0.1, 0.15) is 47.0 Å². The molecule has 2 fully saturated rings. The maximum atomic E-state index is 13.8. The summed E-state index contributed by atoms with van der Waals surface area (Å²) in [6.07, 6.45) is 5.09. The normalized spacial score (nSPS) is 18.3. The number of carbonyl (C=O) groups is 5. The topological polar surface area (TPSA) is 283 Å². The molecule has 3 atom stereocenters. The lowest BCUT2D eigenvalue weighted by molar-refractivity contribution is -0.142. The van der Waals surface area contributed by atoms with Crippen molar-refractivity contribution in [3.63, 3.8) is 0 Å². The van der Waals surface area contributed by atoms with E-state index in [1.165, 1.54) is 41.7 Å². The number of carbonyl (C=O) groups excluding carboxylic acids is 4. The number of aromatic hydroxyl groups is 2. The minimum atomic E-state index is -1.41. The van der Waals surface area contributed by atoms with Crippen LogP contribution in [0.1, 0.15) is 98.2 Å². The molecular weight excluding hydrogens is 839 g/mol. The average Bonchev–Trinajstić information content (AvgIpc) is 3.60. The summed E-state index contributed by atoms with van der Waals surface area (Å²) in [4.78, 5) is 71.3. The first kappa shape index (κ1) is 40.8. The predicted octanol–water partition coefficient (Wildman–Crippen LogP) is 3.39. The largest absolute Gasteiger partial charge is 0.508 e. The number of unbranched alkanes of at least 4 members (excludes halogenated alkanes) is 1. The highest BCUT2D eigenvalue weighted by molar-refractivity contribution is 7.80. The van der Waals surface area contributed by atoms with Gasteiger partial charge in [-0.15, -0.1) is 0 Å². The summed E-state index contributed by atoms with van der Waals surface area (Å²) in [6, 6.07) is 11.1. The molecule has 3 aliphatic heterocycles. The molecule has 21 heteroatoms. The van der Waals surface area contributed by atoms with E-state index in [4.69, 9.17) is 26.2 Å². The van der Waals surface area contributed by atoms with Crippen molar-refractivity contribution >= 4 is 52.7 Å². The molecular formula is C42H39N9O11S. The van der Waals surface area contributed by atoms with E-state index in [0.29, 0.717) is 47.5 Å². The van der Waals surface area contributed by atoms with Crippen LogP contribution in [0.2, 0.25) is 0 Å². The number of aromatic nitrogens is 4. The highest BCUT2D eigenvalue weighted by atomic mass is 32.1. The van der Waals surface area contributed by atoms with Crippen molar-refractivity contribution in [2.45, 2.75) is 68.2 Å². The average molecular weight is 878 g/mol. The number of anilines is 1. The van der Waals surface area contributed by atoms with Gasteiger partial charge in [0.2, 0.25) is 11.7 Å². The Kier molecular flexibility index (Phi) is 10.6. The Balaban J connectivity index is 0.807. The standard InChI is InChI=1S/C42H39N9O11S/c52-23-7-10-28-32(15-23)60-33-16-24(53)8-11-29(33)42(28)27-9-6-21(13-25(27)40(59)61-42)48-41(63)43-12-2-1-3-30(39(57)58)49-36(54)31-14-22(47-37(55)35-44-19-45-50-35)18-51(31)38(56)26-17-46-62-34(26)20-4-5-20/h6-11,13,15-17,19-20,22,30-31,52-53H,1-5,12,14,18H2,(H,47,55)(H,49,54)(H,57,58)(H2,43,48,63)(H,44,45,50)/t22-,30+,31+/m1/s1. The first-order valence-electron chi connectivity index (χ1n) is 20.1. The zero-order valence-electron chi connectivity index (χ0n) is 33.1. The maximum absolute atomic E-state index is 13.8. The van der Waals surface area contributed by atoms with Crippen LogP contribution in [-0.2, 0) is 19.9 Å². The van der Waals surface area contributed by atoms with E-state index in [0.717, 1.165) is 12.8 Å². The van der Waals surface area contributed by atoms with Crippen LogP contribution in [0.4, 0.5) is 5.69 Å². The zero-order valence-corrected chi connectivity index (χ0v) is 33.9. The Labute approximate surface area is 362 Å². The van der Waals surface area contributed by atoms with Gasteiger partial charge in [0.25, 0.3) is 11.8 Å². The van der Waals surface area contributed by atoms with Gasteiger partial charge in [-0.25, -0.2) is 14.6 Å². The second-order valence-electron chi connectivity index (χ2n) is 15.7. The lowest BCUT2D eigenvalue weighted by Gasteiger charge is -2.36. The van der Waals surface area contributed by atoms with Crippen LogP contribution in [0.5, 0.6) is 23.0 Å². The molecule has 1 saturated heterocycles. The van der Waals surface area contributed by atoms with E-state index >= 15 is 0 Å². The van der Waals surface area contributed by atoms with Crippen molar-refractivity contribution in [3.8, 4) is 23.0 Å². The molecule has 1 saturated carbocycles. The van der Waals surface area contributed by atoms with Gasteiger partial charge in [0.05, 0.1) is 11.8 Å². The number of hydrogen-bond donors (Lipinski definition) is 8. The number of aromatic amines is 1. The minimum Gasteiger partial charge on any atom is -0.508 e. The Morgan fingerprint density at radius 1 is 0.984 bits per heavy atom. The van der Waals surface area contributed by atoms with E-state index in [1.54, 1.807) is 30.3 Å². The molecule has 0 unspecified atom stereocenters. The Morgan fingerprint density at radius 3 is 2.40 bits per heavy atom. The highest BCUT2D eigenvalue weighted by Gasteiger charge is 2.54. The summed E-state index contributed by atoms with van der Waals surface area (Å²) >= 11 is 5.52. The van der Waals surface area contributed by atoms with Gasteiger partial charge in [-0.3, -0.25) is 19.5 Å². The molecule has 2 aromatic heterocycles. The lowest BCUT2D eigenvalue weighted by Crippen LogP contribution is -2.51. The fraction of sp³-hybridized carbons (Fsp3) is 0.310. The van der Waals surface area contributed by atoms with Crippen molar-refractivity contribution in [1.29, 1.82) is 0 Å². The fourth-order valence-electron chi connectivity index (χ4n) is 8.35. The third kappa shape index (κ3) is 7.81. The molecule has 20 nitrogen and oxygen atoms in total. The number of fused-ring (bicyclic) bond motifs is 6. The van der Waals surface area contributed by atoms with E-state index in [2.05, 4.69) is 41.6 Å². The highest BCUT2D eigenvalue weighted by Crippen LogP contribution is 2.57. The van der Waals surface area contributed by atoms with Crippen LogP contribution in [-0.4, -0.2) is 107 Å². The molecule has 1 aliphatic carbocycles. The number of phenols is 2. The van der Waals surface area contributed by atoms with Crippen LogP contribution >= 0.6 is 12.2 Å². The smallest absolute Gasteiger partial charge is 0.340 e. The Morgan fingerprint density at radius 2 is 1.71 bits per heavy atom. The van der Waals surface area contributed by atoms with Gasteiger partial charge >= 0.3 is 11.9 Å². The lowest BCUT2D eigenvalue weighted by atomic mass is 9.77. The van der Waals surface area contributed by atoms with Crippen molar-refractivity contribution < 1.29 is 53.3 Å². The number of nitrogens with one attached hydrogen (secondary N) is 5. The second kappa shape index (κ2) is 16.4. The molecule has 9 rings (SSSR count). The van der Waals surface area contributed by atoms with Crippen LogP contribution in [0.15, 0.2) is 71.6 Å². The zero-order chi connectivity index (χ0) is 44.0. The number of benzene rings is 3. The molecule has 5 heterocycles. The number of carboxylic acids is 1. The molecule has 324 valence electrons.